The number of fused-ring (bicyclic) bond motifs is 2. The van der Waals surface area contributed by atoms with Crippen LogP contribution in [-0.4, -0.2) is 88.7 Å². The number of aliphatic hydroxyl groups is 1. The molecule has 6 rings (SSSR count). The molecule has 1 unspecified atom stereocenters. The highest BCUT2D eigenvalue weighted by Crippen LogP contribution is 2.34. The number of nitriles is 1. The van der Waals surface area contributed by atoms with Crippen molar-refractivity contribution in [2.45, 2.75) is 57.2 Å². The molecule has 9 nitrogen and oxygen atoms in total. The lowest BCUT2D eigenvalue weighted by atomic mass is 10.0. The van der Waals surface area contributed by atoms with E-state index in [0.717, 1.165) is 69.1 Å². The molecule has 2 aromatic carbocycles. The van der Waals surface area contributed by atoms with Crippen LogP contribution in [0.3, 0.4) is 0 Å². The van der Waals surface area contributed by atoms with Crippen LogP contribution in [0.15, 0.2) is 55.1 Å². The van der Waals surface area contributed by atoms with Crippen LogP contribution >= 0.6 is 0 Å². The predicted molar refractivity (Wildman–Crippen MR) is 169 cm³/mol. The Bertz CT molecular complexity index is 1510. The lowest BCUT2D eigenvalue weighted by Gasteiger charge is -2.42. The van der Waals surface area contributed by atoms with Gasteiger partial charge in [-0.3, -0.25) is 9.69 Å². The zero-order valence-corrected chi connectivity index (χ0v) is 24.9. The Hall–Kier alpha value is -4.00. The monoisotopic (exact) mass is 579 g/mol. The molecule has 43 heavy (non-hydrogen) atoms. The van der Waals surface area contributed by atoms with E-state index in [-0.39, 0.29) is 25.0 Å². The van der Waals surface area contributed by atoms with E-state index >= 15 is 0 Å². The minimum Gasteiger partial charge on any atom is -0.395 e. The number of carbonyl (C=O) groups excluding carboxylic acids is 1. The van der Waals surface area contributed by atoms with Crippen LogP contribution in [0.2, 0.25) is 0 Å². The van der Waals surface area contributed by atoms with Crippen molar-refractivity contribution in [3.8, 4) is 6.07 Å². The van der Waals surface area contributed by atoms with Crippen LogP contribution < -0.4 is 9.80 Å². The van der Waals surface area contributed by atoms with Gasteiger partial charge in [-0.05, 0) is 49.8 Å². The molecule has 3 aliphatic rings. The van der Waals surface area contributed by atoms with Crippen molar-refractivity contribution in [3.63, 3.8) is 0 Å². The van der Waals surface area contributed by atoms with Gasteiger partial charge in [0.05, 0.1) is 37.4 Å². The van der Waals surface area contributed by atoms with E-state index in [1.54, 1.807) is 4.90 Å². The summed E-state index contributed by atoms with van der Waals surface area (Å²) >= 11 is 0. The largest absolute Gasteiger partial charge is 0.395 e. The number of nitrogens with zero attached hydrogens (tertiary/aromatic N) is 7. The number of piperazine rings is 1. The molecule has 2 saturated heterocycles. The Labute approximate surface area is 254 Å². The third kappa shape index (κ3) is 6.08. The molecule has 0 saturated carbocycles. The third-order valence-electron chi connectivity index (χ3n) is 9.35. The molecule has 3 aromatic rings. The van der Waals surface area contributed by atoms with Crippen molar-refractivity contribution < 1.29 is 9.90 Å². The number of aryl methyl sites for hydroxylation is 1. The summed E-state index contributed by atoms with van der Waals surface area (Å²) in [7, 11) is 0. The van der Waals surface area contributed by atoms with E-state index in [4.69, 9.17) is 9.97 Å². The molecule has 0 bridgehead atoms. The van der Waals surface area contributed by atoms with E-state index in [9.17, 15) is 15.2 Å². The quantitative estimate of drug-likeness (QED) is 0.383. The summed E-state index contributed by atoms with van der Waals surface area (Å²) < 4.78 is 0. The number of anilines is 2. The molecule has 3 aliphatic heterocycles. The second kappa shape index (κ2) is 13.1. The second-order valence-corrected chi connectivity index (χ2v) is 11.9. The number of hydrogen-bond acceptors (Lipinski definition) is 8. The van der Waals surface area contributed by atoms with Gasteiger partial charge in [-0.25, -0.2) is 9.97 Å². The predicted octanol–water partition coefficient (Wildman–Crippen LogP) is 3.70. The molecule has 9 heteroatoms. The van der Waals surface area contributed by atoms with Gasteiger partial charge in [-0.1, -0.05) is 43.0 Å². The highest BCUT2D eigenvalue weighted by Gasteiger charge is 2.33. The Morgan fingerprint density at radius 1 is 1.07 bits per heavy atom. The molecule has 224 valence electrons. The SMILES string of the molecule is C=CC(=O)N1CCN(c2nc(CC[C@H]3CCCN3CCO)nc3c2CCN(c2cccc4ccccc24)C3)CC1CC#N. The summed E-state index contributed by atoms with van der Waals surface area (Å²) in [5, 5.41) is 21.6. The highest BCUT2D eigenvalue weighted by molar-refractivity contribution is 5.94. The van der Waals surface area contributed by atoms with Crippen molar-refractivity contribution in [2.24, 2.45) is 0 Å². The van der Waals surface area contributed by atoms with E-state index in [1.165, 1.54) is 28.1 Å². The first-order valence-corrected chi connectivity index (χ1v) is 15.6. The van der Waals surface area contributed by atoms with Crippen LogP contribution in [0.25, 0.3) is 10.8 Å². The summed E-state index contributed by atoms with van der Waals surface area (Å²) in [5.41, 5.74) is 3.48. The van der Waals surface area contributed by atoms with Gasteiger partial charge in [0.25, 0.3) is 0 Å². The summed E-state index contributed by atoms with van der Waals surface area (Å²) in [5.74, 6) is 1.69. The van der Waals surface area contributed by atoms with Gasteiger partial charge >= 0.3 is 0 Å². The fraction of sp³-hybridized carbons (Fsp3) is 0.471. The molecule has 1 aromatic heterocycles. The number of rotatable bonds is 9. The smallest absolute Gasteiger partial charge is 0.246 e. The number of carbonyl (C=O) groups is 1. The van der Waals surface area contributed by atoms with E-state index in [0.29, 0.717) is 32.2 Å². The molecule has 2 fully saturated rings. The topological polar surface area (TPSA) is 99.8 Å². The second-order valence-electron chi connectivity index (χ2n) is 11.9. The minimum atomic E-state index is -0.209. The first kappa shape index (κ1) is 29.1. The maximum atomic E-state index is 12.6. The molecule has 2 atom stereocenters. The molecule has 1 N–H and O–H groups in total. The van der Waals surface area contributed by atoms with Gasteiger partial charge in [-0.2, -0.15) is 5.26 Å². The summed E-state index contributed by atoms with van der Waals surface area (Å²) in [6, 6.07) is 17.5. The molecule has 0 radical (unpaired) electrons. The summed E-state index contributed by atoms with van der Waals surface area (Å²) in [6.45, 7) is 8.94. The van der Waals surface area contributed by atoms with Gasteiger partial charge in [0.2, 0.25) is 5.91 Å². The minimum absolute atomic E-state index is 0.125. The van der Waals surface area contributed by atoms with Gasteiger partial charge in [-0.15, -0.1) is 0 Å². The summed E-state index contributed by atoms with van der Waals surface area (Å²) in [6.07, 6.45) is 6.48. The first-order chi connectivity index (χ1) is 21.1. The molecule has 1 amide bonds. The number of β-amino-alcohol motifs (C(OH)–C–C–N with tert-alkyl or cyclic N) is 1. The van der Waals surface area contributed by atoms with Gasteiger partial charge in [0.15, 0.2) is 0 Å². The molecule has 0 aliphatic carbocycles. The number of amides is 1. The first-order valence-electron chi connectivity index (χ1n) is 15.6. The number of benzene rings is 2. The van der Waals surface area contributed by atoms with Crippen molar-refractivity contribution >= 4 is 28.2 Å². The molecular weight excluding hydrogens is 538 g/mol. The van der Waals surface area contributed by atoms with E-state index in [2.05, 4.69) is 69.8 Å². The zero-order chi connectivity index (χ0) is 29.8. The van der Waals surface area contributed by atoms with Crippen molar-refractivity contribution in [1.82, 2.24) is 19.8 Å². The fourth-order valence-corrected chi connectivity index (χ4v) is 7.20. The lowest BCUT2D eigenvalue weighted by molar-refractivity contribution is -0.128. The van der Waals surface area contributed by atoms with Crippen LogP contribution in [0.4, 0.5) is 11.5 Å². The maximum Gasteiger partial charge on any atom is 0.246 e. The number of aromatic nitrogens is 2. The Morgan fingerprint density at radius 2 is 1.93 bits per heavy atom. The summed E-state index contributed by atoms with van der Waals surface area (Å²) in [4.78, 5) is 31.8. The van der Waals surface area contributed by atoms with Gasteiger partial charge < -0.3 is 19.8 Å². The average Bonchev–Trinajstić information content (AvgIpc) is 3.49. The molecule has 0 spiro atoms. The van der Waals surface area contributed by atoms with Crippen LogP contribution in [0.5, 0.6) is 0 Å². The third-order valence-corrected chi connectivity index (χ3v) is 9.35. The lowest BCUT2D eigenvalue weighted by Crippen LogP contribution is -2.55. The maximum absolute atomic E-state index is 12.6. The Kier molecular flexibility index (Phi) is 8.87. The standard InChI is InChI=1S/C34H41N7O2/c1-2-33(43)41-20-19-40(23-27(41)14-16-35)34-29-15-18-39(31-11-5-8-25-7-3-4-10-28(25)31)24-30(29)36-32(37-34)13-12-26-9-6-17-38(26)21-22-42/h2-5,7-8,10-11,26-27,42H,1,6,9,12-15,17-24H2/t26-,27?/m1/s1. The Morgan fingerprint density at radius 3 is 2.77 bits per heavy atom. The average molecular weight is 580 g/mol. The fourth-order valence-electron chi connectivity index (χ4n) is 7.20. The highest BCUT2D eigenvalue weighted by atomic mass is 16.3. The normalized spacial score (nSPS) is 20.7. The molecule has 4 heterocycles. The van der Waals surface area contributed by atoms with Gasteiger partial charge in [0, 0.05) is 61.8 Å². The van der Waals surface area contributed by atoms with Crippen LogP contribution in [-0.2, 0) is 24.2 Å². The van der Waals surface area contributed by atoms with Crippen molar-refractivity contribution in [3.05, 3.63) is 72.2 Å². The van der Waals surface area contributed by atoms with Crippen LogP contribution in [0, 0.1) is 11.3 Å². The number of aliphatic hydroxyl groups excluding tert-OH is 1. The van der Waals surface area contributed by atoms with Gasteiger partial charge in [0.1, 0.15) is 11.6 Å². The van der Waals surface area contributed by atoms with E-state index < -0.39 is 0 Å². The number of hydrogen-bond donors (Lipinski definition) is 1. The van der Waals surface area contributed by atoms with Crippen LogP contribution in [0.1, 0.15) is 42.8 Å². The molecular formula is C34H41N7O2. The number of likely N-dealkylation sites (tertiary alicyclic amines) is 1. The van der Waals surface area contributed by atoms with Crippen molar-refractivity contribution in [2.75, 3.05) is 55.7 Å². The zero-order valence-electron chi connectivity index (χ0n) is 24.9. The van der Waals surface area contributed by atoms with E-state index in [1.807, 2.05) is 0 Å². The Balaban J connectivity index is 1.32. The van der Waals surface area contributed by atoms with Crippen molar-refractivity contribution in [1.29, 1.82) is 5.26 Å².